The first kappa shape index (κ1) is 18.6. The maximum absolute atomic E-state index is 13.0. The number of carbonyl (C=O) groups excluding carboxylic acids is 1. The van der Waals surface area contributed by atoms with Crippen molar-refractivity contribution in [1.82, 2.24) is 5.01 Å². The first-order valence-electron chi connectivity index (χ1n) is 9.07. The van der Waals surface area contributed by atoms with Gasteiger partial charge in [-0.05, 0) is 36.4 Å². The fourth-order valence-corrected chi connectivity index (χ4v) is 3.41. The zero-order valence-electron chi connectivity index (χ0n) is 16.0. The van der Waals surface area contributed by atoms with Crippen LogP contribution in [0, 0.1) is 0 Å². The fraction of sp³-hybridized carbons (Fsp3) is 0.182. The fourth-order valence-electron chi connectivity index (χ4n) is 3.41. The molecule has 0 spiro atoms. The van der Waals surface area contributed by atoms with E-state index in [9.17, 15) is 9.90 Å². The maximum Gasteiger partial charge on any atom is 0.310 e. The smallest absolute Gasteiger partial charge is 0.310 e. The summed E-state index contributed by atoms with van der Waals surface area (Å²) >= 11 is 0. The summed E-state index contributed by atoms with van der Waals surface area (Å²) in [6.07, 6.45) is 1.87. The first-order valence-corrected chi connectivity index (χ1v) is 9.07. The van der Waals surface area contributed by atoms with E-state index in [0.717, 1.165) is 5.56 Å². The van der Waals surface area contributed by atoms with Crippen molar-refractivity contribution < 1.29 is 23.8 Å². The number of hydrazone groups is 1. The van der Waals surface area contributed by atoms with Crippen molar-refractivity contribution in [2.45, 2.75) is 12.5 Å². The van der Waals surface area contributed by atoms with Gasteiger partial charge in [-0.3, -0.25) is 4.79 Å². The van der Waals surface area contributed by atoms with Crippen molar-refractivity contribution >= 4 is 11.6 Å². The number of ether oxygens (including phenoxy) is 2. The third-order valence-corrected chi connectivity index (χ3v) is 4.86. The van der Waals surface area contributed by atoms with E-state index in [1.54, 1.807) is 50.6 Å². The molecule has 0 bridgehead atoms. The molecule has 0 fully saturated rings. The summed E-state index contributed by atoms with van der Waals surface area (Å²) in [6.45, 7) is 0. The molecule has 0 radical (unpaired) electrons. The summed E-state index contributed by atoms with van der Waals surface area (Å²) in [5.74, 6) is 1.10. The molecule has 1 aliphatic rings. The minimum absolute atomic E-state index is 0.110. The molecule has 0 aliphatic carbocycles. The Labute approximate surface area is 167 Å². The van der Waals surface area contributed by atoms with Crippen LogP contribution in [-0.4, -0.2) is 36.0 Å². The van der Waals surface area contributed by atoms with E-state index in [4.69, 9.17) is 13.9 Å². The lowest BCUT2D eigenvalue weighted by Crippen LogP contribution is -2.26. The molecular weight excluding hydrogens is 372 g/mol. The van der Waals surface area contributed by atoms with Gasteiger partial charge in [-0.1, -0.05) is 18.2 Å². The molecular formula is C22H20N2O5. The Morgan fingerprint density at radius 2 is 1.90 bits per heavy atom. The lowest BCUT2D eigenvalue weighted by atomic mass is 9.97. The molecule has 2 heterocycles. The van der Waals surface area contributed by atoms with Crippen LogP contribution in [0.4, 0.5) is 0 Å². The summed E-state index contributed by atoms with van der Waals surface area (Å²) in [5.41, 5.74) is 2.11. The normalized spacial score (nSPS) is 15.9. The standard InChI is InChI=1S/C22H20N2O5/c1-27-19-10-9-14(12-21(19)28-2)16-13-17(15-6-3-4-7-18(15)25)24(23-16)22(26)20-8-5-11-29-20/h3-12,17,25H,13H2,1-2H3/t17-/m0/s1. The number of phenolic OH excluding ortho intramolecular Hbond substituents is 1. The zero-order valence-corrected chi connectivity index (χ0v) is 16.0. The number of hydrogen-bond acceptors (Lipinski definition) is 6. The molecule has 1 aromatic heterocycles. The van der Waals surface area contributed by atoms with Crippen molar-refractivity contribution in [2.24, 2.45) is 5.10 Å². The van der Waals surface area contributed by atoms with Gasteiger partial charge in [-0.25, -0.2) is 5.01 Å². The average Bonchev–Trinajstić information content (AvgIpc) is 3.43. The summed E-state index contributed by atoms with van der Waals surface area (Å²) < 4.78 is 15.9. The molecule has 2 aromatic carbocycles. The number of rotatable bonds is 5. The molecule has 1 aliphatic heterocycles. The van der Waals surface area contributed by atoms with E-state index in [1.165, 1.54) is 11.3 Å². The number of carbonyl (C=O) groups is 1. The van der Waals surface area contributed by atoms with E-state index in [-0.39, 0.29) is 17.4 Å². The van der Waals surface area contributed by atoms with Crippen molar-refractivity contribution in [2.75, 3.05) is 14.2 Å². The predicted molar refractivity (Wildman–Crippen MR) is 106 cm³/mol. The summed E-state index contributed by atoms with van der Waals surface area (Å²) in [7, 11) is 3.14. The van der Waals surface area contributed by atoms with Gasteiger partial charge in [0.2, 0.25) is 0 Å². The molecule has 148 valence electrons. The van der Waals surface area contributed by atoms with Crippen LogP contribution in [0.25, 0.3) is 0 Å². The van der Waals surface area contributed by atoms with E-state index in [0.29, 0.717) is 29.2 Å². The van der Waals surface area contributed by atoms with E-state index in [1.807, 2.05) is 18.2 Å². The van der Waals surface area contributed by atoms with Crippen LogP contribution in [0.15, 0.2) is 70.4 Å². The number of furan rings is 1. The molecule has 3 aromatic rings. The van der Waals surface area contributed by atoms with Crippen LogP contribution >= 0.6 is 0 Å². The molecule has 1 amide bonds. The Bertz CT molecular complexity index is 1060. The third-order valence-electron chi connectivity index (χ3n) is 4.86. The number of aromatic hydroxyl groups is 1. The lowest BCUT2D eigenvalue weighted by molar-refractivity contribution is 0.0677. The quantitative estimate of drug-likeness (QED) is 0.710. The molecule has 0 unspecified atom stereocenters. The minimum atomic E-state index is -0.461. The van der Waals surface area contributed by atoms with E-state index < -0.39 is 6.04 Å². The van der Waals surface area contributed by atoms with Crippen molar-refractivity contribution in [3.63, 3.8) is 0 Å². The Morgan fingerprint density at radius 3 is 2.59 bits per heavy atom. The highest BCUT2D eigenvalue weighted by Crippen LogP contribution is 2.39. The van der Waals surface area contributed by atoms with Crippen molar-refractivity contribution in [3.8, 4) is 17.2 Å². The average molecular weight is 392 g/mol. The maximum atomic E-state index is 13.0. The second-order valence-electron chi connectivity index (χ2n) is 6.52. The lowest BCUT2D eigenvalue weighted by Gasteiger charge is -2.21. The Morgan fingerprint density at radius 1 is 1.10 bits per heavy atom. The number of methoxy groups -OCH3 is 2. The van der Waals surface area contributed by atoms with Crippen LogP contribution < -0.4 is 9.47 Å². The Balaban J connectivity index is 1.75. The van der Waals surface area contributed by atoms with Gasteiger partial charge in [0.15, 0.2) is 17.3 Å². The Hall–Kier alpha value is -3.74. The van der Waals surface area contributed by atoms with Crippen LogP contribution in [0.5, 0.6) is 17.2 Å². The van der Waals surface area contributed by atoms with Crippen LogP contribution in [0.1, 0.15) is 34.1 Å². The Kier molecular flexibility index (Phi) is 4.95. The minimum Gasteiger partial charge on any atom is -0.508 e. The van der Waals surface area contributed by atoms with Gasteiger partial charge in [0.05, 0.1) is 32.2 Å². The summed E-state index contributed by atoms with van der Waals surface area (Å²) in [4.78, 5) is 13.0. The molecule has 7 nitrogen and oxygen atoms in total. The first-order chi connectivity index (χ1) is 14.1. The predicted octanol–water partition coefficient (Wildman–Crippen LogP) is 3.99. The van der Waals surface area contributed by atoms with Gasteiger partial charge in [0, 0.05) is 17.5 Å². The monoisotopic (exact) mass is 392 g/mol. The molecule has 0 saturated carbocycles. The third kappa shape index (κ3) is 3.42. The summed E-state index contributed by atoms with van der Waals surface area (Å²) in [5, 5.41) is 16.3. The summed E-state index contributed by atoms with van der Waals surface area (Å²) in [6, 6.07) is 15.2. The van der Waals surface area contributed by atoms with Crippen LogP contribution in [-0.2, 0) is 0 Å². The van der Waals surface area contributed by atoms with E-state index in [2.05, 4.69) is 5.10 Å². The highest BCUT2D eigenvalue weighted by atomic mass is 16.5. The van der Waals surface area contributed by atoms with E-state index >= 15 is 0 Å². The van der Waals surface area contributed by atoms with Gasteiger partial charge in [-0.15, -0.1) is 0 Å². The van der Waals surface area contributed by atoms with Crippen LogP contribution in [0.3, 0.4) is 0 Å². The number of para-hydroxylation sites is 1. The topological polar surface area (TPSA) is 84.5 Å². The van der Waals surface area contributed by atoms with Crippen molar-refractivity contribution in [1.29, 1.82) is 0 Å². The number of amides is 1. The molecule has 0 saturated heterocycles. The number of phenols is 1. The molecule has 29 heavy (non-hydrogen) atoms. The van der Waals surface area contributed by atoms with Crippen LogP contribution in [0.2, 0.25) is 0 Å². The second kappa shape index (κ2) is 7.71. The van der Waals surface area contributed by atoms with Gasteiger partial charge < -0.3 is 19.0 Å². The van der Waals surface area contributed by atoms with Gasteiger partial charge in [0.25, 0.3) is 0 Å². The zero-order chi connectivity index (χ0) is 20.4. The highest BCUT2D eigenvalue weighted by molar-refractivity contribution is 6.05. The SMILES string of the molecule is COc1ccc(C2=NN(C(=O)c3ccco3)[C@H](c3ccccc3O)C2)cc1OC. The highest BCUT2D eigenvalue weighted by Gasteiger charge is 2.36. The molecule has 7 heteroatoms. The van der Waals surface area contributed by atoms with Gasteiger partial charge in [-0.2, -0.15) is 5.10 Å². The second-order valence-corrected chi connectivity index (χ2v) is 6.52. The molecule has 1 N–H and O–H groups in total. The number of hydrogen-bond donors (Lipinski definition) is 1. The van der Waals surface area contributed by atoms with Gasteiger partial charge in [0.1, 0.15) is 5.75 Å². The molecule has 4 rings (SSSR count). The molecule has 1 atom stereocenters. The number of nitrogens with zero attached hydrogens (tertiary/aromatic N) is 2. The number of benzene rings is 2. The van der Waals surface area contributed by atoms with Crippen molar-refractivity contribution in [3.05, 3.63) is 77.7 Å². The largest absolute Gasteiger partial charge is 0.508 e. The van der Waals surface area contributed by atoms with Gasteiger partial charge >= 0.3 is 5.91 Å².